The predicted molar refractivity (Wildman–Crippen MR) is 141 cm³/mol. The molecule has 2 N–H and O–H groups in total. The molecule has 0 fully saturated rings. The molecule has 5 nitrogen and oxygen atoms in total. The van der Waals surface area contributed by atoms with Gasteiger partial charge >= 0.3 is 0 Å². The lowest BCUT2D eigenvalue weighted by Crippen LogP contribution is -2.19. The van der Waals surface area contributed by atoms with Crippen molar-refractivity contribution in [1.29, 1.82) is 0 Å². The minimum atomic E-state index is -3.62. The normalized spacial score (nSPS) is 12.2. The molecule has 1 amide bonds. The van der Waals surface area contributed by atoms with E-state index in [-0.39, 0.29) is 10.1 Å². The maximum Gasteiger partial charge on any atom is 0.271 e. The highest BCUT2D eigenvalue weighted by Gasteiger charge is 2.23. The van der Waals surface area contributed by atoms with Gasteiger partial charge in [0.15, 0.2) is 0 Å². The Labute approximate surface area is 212 Å². The van der Waals surface area contributed by atoms with E-state index in [1.807, 2.05) is 43.3 Å². The summed E-state index contributed by atoms with van der Waals surface area (Å²) in [4.78, 5) is 14.1. The van der Waals surface area contributed by atoms with E-state index in [4.69, 9.17) is 11.6 Å². The Kier molecular flexibility index (Phi) is 7.63. The average Bonchev–Trinajstić information content (AvgIpc) is 3.37. The third-order valence-corrected chi connectivity index (χ3v) is 9.20. The second kappa shape index (κ2) is 10.7. The third-order valence-electron chi connectivity index (χ3n) is 4.92. The molecule has 0 saturated carbocycles. The molecule has 0 bridgehead atoms. The maximum atomic E-state index is 13.3. The molecule has 174 valence electrons. The summed E-state index contributed by atoms with van der Waals surface area (Å²) in [5.41, 5.74) is 2.88. The van der Waals surface area contributed by atoms with Crippen LogP contribution in [0.25, 0.3) is 0 Å². The summed E-state index contributed by atoms with van der Waals surface area (Å²) in [6.07, 6.45) is 0. The van der Waals surface area contributed by atoms with Crippen LogP contribution in [-0.2, 0) is 14.8 Å². The van der Waals surface area contributed by atoms with Crippen LogP contribution in [0, 0.1) is 6.92 Å². The standard InChI is InChI=1S/C25H21ClN2O3S3/c1-17-9-10-19(26)16-22(17)27-25(29)24(18-6-3-2-4-7-18)33-21-13-11-20(12-14-21)28-34(30,31)23-8-5-15-32-23/h2-16,24,28H,1H3,(H,27,29). The van der Waals surface area contributed by atoms with E-state index in [1.165, 1.54) is 11.8 Å². The molecule has 1 heterocycles. The first-order valence-corrected chi connectivity index (χ1v) is 13.9. The van der Waals surface area contributed by atoms with Crippen LogP contribution < -0.4 is 10.0 Å². The van der Waals surface area contributed by atoms with E-state index in [0.717, 1.165) is 27.4 Å². The van der Waals surface area contributed by atoms with E-state index >= 15 is 0 Å². The summed E-state index contributed by atoms with van der Waals surface area (Å²) < 4.78 is 27.7. The zero-order valence-electron chi connectivity index (χ0n) is 18.1. The lowest BCUT2D eigenvalue weighted by Gasteiger charge is -2.18. The molecular formula is C25H21ClN2O3S3. The van der Waals surface area contributed by atoms with Gasteiger partial charge in [0, 0.05) is 21.3 Å². The van der Waals surface area contributed by atoms with Gasteiger partial charge in [-0.2, -0.15) is 0 Å². The molecule has 0 aliphatic heterocycles. The number of rotatable bonds is 8. The number of benzene rings is 3. The Bertz CT molecular complexity index is 1370. The fraction of sp³-hybridized carbons (Fsp3) is 0.0800. The van der Waals surface area contributed by atoms with Crippen molar-refractivity contribution >= 4 is 62.0 Å². The number of thioether (sulfide) groups is 1. The van der Waals surface area contributed by atoms with Gasteiger partial charge in [-0.3, -0.25) is 9.52 Å². The third kappa shape index (κ3) is 6.01. The highest BCUT2D eigenvalue weighted by molar-refractivity contribution is 8.00. The van der Waals surface area contributed by atoms with Gasteiger partial charge in [0.25, 0.3) is 10.0 Å². The first kappa shape index (κ1) is 24.3. The van der Waals surface area contributed by atoms with Gasteiger partial charge < -0.3 is 5.32 Å². The second-order valence-corrected chi connectivity index (χ2v) is 11.9. The minimum absolute atomic E-state index is 0.177. The van der Waals surface area contributed by atoms with Crippen molar-refractivity contribution in [1.82, 2.24) is 0 Å². The Hall–Kier alpha value is -2.78. The molecular weight excluding hydrogens is 508 g/mol. The Morgan fingerprint density at radius 1 is 0.971 bits per heavy atom. The molecule has 1 aromatic heterocycles. The van der Waals surface area contributed by atoms with Crippen molar-refractivity contribution in [2.45, 2.75) is 21.3 Å². The fourth-order valence-electron chi connectivity index (χ4n) is 3.19. The molecule has 0 radical (unpaired) electrons. The lowest BCUT2D eigenvalue weighted by molar-refractivity contribution is -0.115. The van der Waals surface area contributed by atoms with Gasteiger partial charge in [0.05, 0.1) is 0 Å². The van der Waals surface area contributed by atoms with Crippen molar-refractivity contribution in [3.05, 3.63) is 106 Å². The highest BCUT2D eigenvalue weighted by Crippen LogP contribution is 2.37. The fourth-order valence-corrected chi connectivity index (χ4v) is 6.44. The van der Waals surface area contributed by atoms with E-state index in [2.05, 4.69) is 10.0 Å². The van der Waals surface area contributed by atoms with Crippen LogP contribution in [0.4, 0.5) is 11.4 Å². The number of carbonyl (C=O) groups is 1. The number of nitrogens with one attached hydrogen (secondary N) is 2. The van der Waals surface area contributed by atoms with Crippen LogP contribution in [0.15, 0.2) is 99.4 Å². The molecule has 4 rings (SSSR count). The molecule has 4 aromatic rings. The monoisotopic (exact) mass is 528 g/mol. The zero-order valence-corrected chi connectivity index (χ0v) is 21.3. The number of aryl methyl sites for hydroxylation is 1. The largest absolute Gasteiger partial charge is 0.325 e. The van der Waals surface area contributed by atoms with E-state index in [9.17, 15) is 13.2 Å². The zero-order chi connectivity index (χ0) is 24.1. The molecule has 1 atom stereocenters. The summed E-state index contributed by atoms with van der Waals surface area (Å²) >= 11 is 8.66. The first-order valence-electron chi connectivity index (χ1n) is 10.3. The van der Waals surface area contributed by atoms with Crippen molar-refractivity contribution in [3.8, 4) is 0 Å². The van der Waals surface area contributed by atoms with Crippen molar-refractivity contribution in [2.75, 3.05) is 10.0 Å². The topological polar surface area (TPSA) is 75.3 Å². The van der Waals surface area contributed by atoms with Gasteiger partial charge in [-0.05, 0) is 65.9 Å². The Morgan fingerprint density at radius 2 is 1.71 bits per heavy atom. The number of hydrogen-bond acceptors (Lipinski definition) is 5. The predicted octanol–water partition coefficient (Wildman–Crippen LogP) is 6.98. The molecule has 34 heavy (non-hydrogen) atoms. The quantitative estimate of drug-likeness (QED) is 0.242. The Morgan fingerprint density at radius 3 is 2.38 bits per heavy atom. The van der Waals surface area contributed by atoms with Crippen molar-refractivity contribution < 1.29 is 13.2 Å². The summed E-state index contributed by atoms with van der Waals surface area (Å²) in [7, 11) is -3.62. The van der Waals surface area contributed by atoms with Gasteiger partial charge in [-0.25, -0.2) is 8.42 Å². The van der Waals surface area contributed by atoms with E-state index < -0.39 is 15.3 Å². The number of halogens is 1. The molecule has 9 heteroatoms. The van der Waals surface area contributed by atoms with Crippen LogP contribution >= 0.6 is 34.7 Å². The van der Waals surface area contributed by atoms with Crippen LogP contribution in [0.5, 0.6) is 0 Å². The number of anilines is 2. The maximum absolute atomic E-state index is 13.3. The van der Waals surface area contributed by atoms with Crippen molar-refractivity contribution in [2.24, 2.45) is 0 Å². The smallest absolute Gasteiger partial charge is 0.271 e. The number of hydrogen-bond donors (Lipinski definition) is 2. The Balaban J connectivity index is 1.54. The number of carbonyl (C=O) groups excluding carboxylic acids is 1. The lowest BCUT2D eigenvalue weighted by atomic mass is 10.1. The molecule has 3 aromatic carbocycles. The van der Waals surface area contributed by atoms with Crippen LogP contribution in [0.2, 0.25) is 5.02 Å². The number of amides is 1. The summed E-state index contributed by atoms with van der Waals surface area (Å²) in [6, 6.07) is 25.1. The molecule has 1 unspecified atom stereocenters. The summed E-state index contributed by atoms with van der Waals surface area (Å²) in [5.74, 6) is -0.177. The molecule has 0 aliphatic carbocycles. The van der Waals surface area contributed by atoms with Gasteiger partial charge in [-0.15, -0.1) is 23.1 Å². The minimum Gasteiger partial charge on any atom is -0.325 e. The van der Waals surface area contributed by atoms with Gasteiger partial charge in [-0.1, -0.05) is 54.1 Å². The average molecular weight is 529 g/mol. The van der Waals surface area contributed by atoms with Crippen LogP contribution in [0.1, 0.15) is 16.4 Å². The molecule has 0 aliphatic rings. The summed E-state index contributed by atoms with van der Waals surface area (Å²) in [5, 5.41) is 4.74. The van der Waals surface area contributed by atoms with Crippen LogP contribution in [-0.4, -0.2) is 14.3 Å². The number of sulfonamides is 1. The summed E-state index contributed by atoms with van der Waals surface area (Å²) in [6.45, 7) is 1.91. The molecule has 0 saturated heterocycles. The van der Waals surface area contributed by atoms with Gasteiger partial charge in [0.2, 0.25) is 5.91 Å². The number of thiophene rings is 1. The highest BCUT2D eigenvalue weighted by atomic mass is 35.5. The van der Waals surface area contributed by atoms with Crippen LogP contribution in [0.3, 0.4) is 0 Å². The SMILES string of the molecule is Cc1ccc(Cl)cc1NC(=O)C(Sc1ccc(NS(=O)(=O)c2cccs2)cc1)c1ccccc1. The second-order valence-electron chi connectivity index (χ2n) is 7.42. The first-order chi connectivity index (χ1) is 16.3. The molecule has 0 spiro atoms. The van der Waals surface area contributed by atoms with Gasteiger partial charge in [0.1, 0.15) is 9.46 Å². The van der Waals surface area contributed by atoms with E-state index in [0.29, 0.717) is 16.4 Å². The van der Waals surface area contributed by atoms with Crippen molar-refractivity contribution in [3.63, 3.8) is 0 Å². The van der Waals surface area contributed by atoms with E-state index in [1.54, 1.807) is 53.9 Å².